The number of carbonyl (C=O) groups is 2. The molecule has 7 heteroatoms. The Bertz CT molecular complexity index is 363. The minimum Gasteiger partial charge on any atom is -0.479 e. The van der Waals surface area contributed by atoms with Crippen LogP contribution in [0.3, 0.4) is 0 Å². The van der Waals surface area contributed by atoms with E-state index in [9.17, 15) is 9.59 Å². The normalized spacial score (nSPS) is 11.8. The van der Waals surface area contributed by atoms with Crippen LogP contribution in [0.2, 0.25) is 0 Å². The van der Waals surface area contributed by atoms with Crippen LogP contribution in [-0.2, 0) is 11.2 Å². The third-order valence-electron chi connectivity index (χ3n) is 1.98. The minimum atomic E-state index is -1.59. The predicted octanol–water partition coefficient (Wildman–Crippen LogP) is -0.433. The summed E-state index contributed by atoms with van der Waals surface area (Å²) in [6.45, 7) is 0.0322. The summed E-state index contributed by atoms with van der Waals surface area (Å²) >= 11 is 0. The third-order valence-corrected chi connectivity index (χ3v) is 1.98. The van der Waals surface area contributed by atoms with Crippen LogP contribution in [0.25, 0.3) is 0 Å². The summed E-state index contributed by atoms with van der Waals surface area (Å²) < 4.78 is 5.06. The maximum absolute atomic E-state index is 11.1. The van der Waals surface area contributed by atoms with Crippen molar-refractivity contribution >= 4 is 12.0 Å². The van der Waals surface area contributed by atoms with E-state index in [1.807, 2.05) is 0 Å². The number of nitrogens with one attached hydrogen (secondary N) is 2. The molecule has 0 spiro atoms. The van der Waals surface area contributed by atoms with E-state index in [0.29, 0.717) is 13.0 Å². The van der Waals surface area contributed by atoms with Gasteiger partial charge in [0.1, 0.15) is 5.76 Å². The number of hydrogen-bond acceptors (Lipinski definition) is 4. The van der Waals surface area contributed by atoms with Crippen LogP contribution in [-0.4, -0.2) is 41.4 Å². The van der Waals surface area contributed by atoms with Crippen molar-refractivity contribution in [3.63, 3.8) is 0 Å². The zero-order chi connectivity index (χ0) is 12.7. The van der Waals surface area contributed by atoms with Gasteiger partial charge >= 0.3 is 12.0 Å². The van der Waals surface area contributed by atoms with Crippen LogP contribution in [0.5, 0.6) is 0 Å². The summed E-state index contributed by atoms with van der Waals surface area (Å²) in [6.07, 6.45) is 0.492. The second kappa shape index (κ2) is 6.54. The molecular weight excluding hydrogens is 228 g/mol. The van der Waals surface area contributed by atoms with Gasteiger partial charge in [-0.05, 0) is 12.1 Å². The summed E-state index contributed by atoms with van der Waals surface area (Å²) in [5.74, 6) is -0.628. The first-order valence-electron chi connectivity index (χ1n) is 5.04. The average Bonchev–Trinajstić information content (AvgIpc) is 2.78. The summed E-state index contributed by atoms with van der Waals surface area (Å²) in [5, 5.41) is 22.0. The van der Waals surface area contributed by atoms with Crippen LogP contribution < -0.4 is 10.6 Å². The summed E-state index contributed by atoms with van der Waals surface area (Å²) in [5.41, 5.74) is 0. The van der Waals surface area contributed by atoms with Crippen molar-refractivity contribution in [2.75, 3.05) is 13.1 Å². The maximum atomic E-state index is 11.1. The Morgan fingerprint density at radius 1 is 1.41 bits per heavy atom. The van der Waals surface area contributed by atoms with E-state index < -0.39 is 18.1 Å². The first-order valence-corrected chi connectivity index (χ1v) is 5.04. The number of carboxylic acid groups (broad SMARTS) is 1. The monoisotopic (exact) mass is 242 g/mol. The van der Waals surface area contributed by atoms with Crippen molar-refractivity contribution in [3.05, 3.63) is 24.2 Å². The molecule has 4 N–H and O–H groups in total. The van der Waals surface area contributed by atoms with Crippen molar-refractivity contribution in [1.29, 1.82) is 0 Å². The lowest BCUT2D eigenvalue weighted by Crippen LogP contribution is -2.42. The lowest BCUT2D eigenvalue weighted by molar-refractivity contribution is -0.146. The Kier molecular flexibility index (Phi) is 5.02. The van der Waals surface area contributed by atoms with E-state index in [2.05, 4.69) is 10.6 Å². The van der Waals surface area contributed by atoms with Gasteiger partial charge in [0, 0.05) is 13.0 Å². The van der Waals surface area contributed by atoms with Crippen LogP contribution in [0.15, 0.2) is 22.8 Å². The fraction of sp³-hybridized carbons (Fsp3) is 0.400. The number of urea groups is 1. The van der Waals surface area contributed by atoms with E-state index in [1.54, 1.807) is 18.4 Å². The fourth-order valence-corrected chi connectivity index (χ4v) is 1.09. The smallest absolute Gasteiger partial charge is 0.334 e. The molecule has 2 amide bonds. The van der Waals surface area contributed by atoms with Gasteiger partial charge in [-0.25, -0.2) is 9.59 Å². The Balaban J connectivity index is 2.11. The minimum absolute atomic E-state index is 0.331. The molecule has 17 heavy (non-hydrogen) atoms. The zero-order valence-electron chi connectivity index (χ0n) is 9.05. The van der Waals surface area contributed by atoms with Crippen molar-refractivity contribution in [1.82, 2.24) is 10.6 Å². The van der Waals surface area contributed by atoms with Crippen molar-refractivity contribution in [3.8, 4) is 0 Å². The number of amides is 2. The second-order valence-corrected chi connectivity index (χ2v) is 3.32. The molecular formula is C10H14N2O5. The van der Waals surface area contributed by atoms with E-state index in [0.717, 1.165) is 5.76 Å². The van der Waals surface area contributed by atoms with Gasteiger partial charge < -0.3 is 25.3 Å². The number of aliphatic hydroxyl groups is 1. The number of rotatable bonds is 6. The maximum Gasteiger partial charge on any atom is 0.334 e. The lowest BCUT2D eigenvalue weighted by atomic mass is 10.3. The van der Waals surface area contributed by atoms with Crippen molar-refractivity contribution < 1.29 is 24.2 Å². The van der Waals surface area contributed by atoms with Gasteiger partial charge in [-0.3, -0.25) is 0 Å². The van der Waals surface area contributed by atoms with Crippen LogP contribution in [0.1, 0.15) is 5.76 Å². The highest BCUT2D eigenvalue weighted by Gasteiger charge is 2.13. The molecule has 0 aliphatic rings. The molecule has 1 rings (SSSR count). The molecule has 1 aromatic heterocycles. The molecule has 7 nitrogen and oxygen atoms in total. The predicted molar refractivity (Wildman–Crippen MR) is 57.5 cm³/mol. The molecule has 1 atom stereocenters. The summed E-state index contributed by atoms with van der Waals surface area (Å²) in [6, 6.07) is 3.00. The first-order chi connectivity index (χ1) is 8.09. The number of aliphatic carboxylic acids is 1. The zero-order valence-corrected chi connectivity index (χ0v) is 9.05. The van der Waals surface area contributed by atoms with E-state index in [1.165, 1.54) is 0 Å². The number of furan rings is 1. The molecule has 0 aromatic carbocycles. The number of hydrogen-bond donors (Lipinski definition) is 4. The summed E-state index contributed by atoms with van der Waals surface area (Å²) in [4.78, 5) is 21.4. The molecule has 0 saturated heterocycles. The van der Waals surface area contributed by atoms with Gasteiger partial charge in [0.2, 0.25) is 0 Å². The quantitative estimate of drug-likeness (QED) is 0.540. The van der Waals surface area contributed by atoms with Crippen LogP contribution in [0.4, 0.5) is 4.79 Å². The van der Waals surface area contributed by atoms with E-state index in [-0.39, 0.29) is 6.54 Å². The molecule has 1 aromatic rings. The molecule has 1 unspecified atom stereocenters. The highest BCUT2D eigenvalue weighted by Crippen LogP contribution is 1.99. The molecule has 0 aliphatic carbocycles. The highest BCUT2D eigenvalue weighted by molar-refractivity contribution is 5.76. The van der Waals surface area contributed by atoms with Gasteiger partial charge in [0.05, 0.1) is 12.8 Å². The Labute approximate surface area is 97.4 Å². The van der Waals surface area contributed by atoms with Crippen LogP contribution >= 0.6 is 0 Å². The van der Waals surface area contributed by atoms with E-state index in [4.69, 9.17) is 14.6 Å². The Morgan fingerprint density at radius 2 is 2.18 bits per heavy atom. The highest BCUT2D eigenvalue weighted by atomic mass is 16.4. The largest absolute Gasteiger partial charge is 0.479 e. The molecule has 0 bridgehead atoms. The topological polar surface area (TPSA) is 112 Å². The Morgan fingerprint density at radius 3 is 2.76 bits per heavy atom. The SMILES string of the molecule is O=C(NCCc1ccco1)NCC(O)C(=O)O. The average molecular weight is 242 g/mol. The molecule has 0 fully saturated rings. The van der Waals surface area contributed by atoms with Gasteiger partial charge in [0.25, 0.3) is 0 Å². The molecule has 0 saturated carbocycles. The van der Waals surface area contributed by atoms with Gasteiger partial charge in [-0.1, -0.05) is 0 Å². The van der Waals surface area contributed by atoms with Gasteiger partial charge in [-0.15, -0.1) is 0 Å². The second-order valence-electron chi connectivity index (χ2n) is 3.32. The number of carboxylic acids is 1. The van der Waals surface area contributed by atoms with Crippen molar-refractivity contribution in [2.45, 2.75) is 12.5 Å². The number of carbonyl (C=O) groups excluding carboxylic acids is 1. The van der Waals surface area contributed by atoms with Gasteiger partial charge in [-0.2, -0.15) is 0 Å². The number of aliphatic hydroxyl groups excluding tert-OH is 1. The molecule has 0 radical (unpaired) electrons. The van der Waals surface area contributed by atoms with Gasteiger partial charge in [0.15, 0.2) is 6.10 Å². The Hall–Kier alpha value is -2.02. The lowest BCUT2D eigenvalue weighted by Gasteiger charge is -2.08. The standard InChI is InChI=1S/C10H14N2O5/c13-8(9(14)15)6-12-10(16)11-4-3-7-2-1-5-17-7/h1-2,5,8,13H,3-4,6H2,(H,14,15)(H2,11,12,16). The van der Waals surface area contributed by atoms with Crippen LogP contribution in [0, 0.1) is 0 Å². The third kappa shape index (κ3) is 5.03. The summed E-state index contributed by atoms with van der Waals surface area (Å²) in [7, 11) is 0. The van der Waals surface area contributed by atoms with E-state index >= 15 is 0 Å². The molecule has 1 heterocycles. The fourth-order valence-electron chi connectivity index (χ4n) is 1.09. The molecule has 0 aliphatic heterocycles. The van der Waals surface area contributed by atoms with Crippen molar-refractivity contribution in [2.24, 2.45) is 0 Å². The molecule has 94 valence electrons. The first kappa shape index (κ1) is 13.0.